The van der Waals surface area contributed by atoms with Gasteiger partial charge in [0.05, 0.1) is 15.5 Å². The number of amides is 1. The molecule has 1 rings (SSSR count). The van der Waals surface area contributed by atoms with Gasteiger partial charge in [-0.3, -0.25) is 14.9 Å². The molecule has 0 fully saturated rings. The van der Waals surface area contributed by atoms with Gasteiger partial charge in [-0.15, -0.1) is 0 Å². The van der Waals surface area contributed by atoms with Gasteiger partial charge in [0.2, 0.25) is 0 Å². The highest BCUT2D eigenvalue weighted by Crippen LogP contribution is 2.23. The molecule has 0 atom stereocenters. The summed E-state index contributed by atoms with van der Waals surface area (Å²) in [6.07, 6.45) is -5.01. The minimum Gasteiger partial charge on any atom is -0.352 e. The van der Waals surface area contributed by atoms with E-state index in [-0.39, 0.29) is 35.7 Å². The van der Waals surface area contributed by atoms with Crippen LogP contribution in [-0.2, 0) is 0 Å². The first kappa shape index (κ1) is 17.2. The fourth-order valence-electron chi connectivity index (χ4n) is 1.55. The largest absolute Gasteiger partial charge is 0.389 e. The van der Waals surface area contributed by atoms with Gasteiger partial charge in [-0.05, 0) is 18.9 Å². The molecule has 116 valence electrons. The van der Waals surface area contributed by atoms with Crippen LogP contribution < -0.4 is 5.32 Å². The Balaban J connectivity index is 2.47. The molecule has 0 saturated heterocycles. The van der Waals surface area contributed by atoms with Gasteiger partial charge in [0.25, 0.3) is 11.6 Å². The van der Waals surface area contributed by atoms with Crippen LogP contribution >= 0.6 is 11.6 Å². The number of nitrogens with one attached hydrogen (secondary N) is 1. The molecule has 0 aromatic heterocycles. The van der Waals surface area contributed by atoms with Crippen LogP contribution in [0, 0.1) is 10.1 Å². The number of hydrogen-bond acceptors (Lipinski definition) is 3. The lowest BCUT2D eigenvalue weighted by molar-refractivity contribution is -0.384. The summed E-state index contributed by atoms with van der Waals surface area (Å²) in [7, 11) is 0. The van der Waals surface area contributed by atoms with Crippen LogP contribution in [0.5, 0.6) is 0 Å². The number of rotatable bonds is 6. The molecule has 1 aromatic rings. The molecule has 0 aliphatic heterocycles. The molecule has 0 radical (unpaired) electrons. The zero-order chi connectivity index (χ0) is 16.0. The van der Waals surface area contributed by atoms with Crippen molar-refractivity contribution in [2.24, 2.45) is 0 Å². The van der Waals surface area contributed by atoms with Crippen molar-refractivity contribution in [3.8, 4) is 0 Å². The Morgan fingerprint density at radius 1 is 1.33 bits per heavy atom. The van der Waals surface area contributed by atoms with Crippen LogP contribution in [0.4, 0.5) is 18.9 Å². The van der Waals surface area contributed by atoms with Crippen LogP contribution in [0.1, 0.15) is 29.6 Å². The number of carbonyl (C=O) groups excluding carboxylic acids is 1. The van der Waals surface area contributed by atoms with E-state index in [1.54, 1.807) is 0 Å². The molecular weight excluding hydrogens is 313 g/mol. The minimum absolute atomic E-state index is 0.0399. The first-order chi connectivity index (χ1) is 9.70. The van der Waals surface area contributed by atoms with E-state index >= 15 is 0 Å². The van der Waals surface area contributed by atoms with Gasteiger partial charge >= 0.3 is 6.18 Å². The van der Waals surface area contributed by atoms with Crippen molar-refractivity contribution in [3.63, 3.8) is 0 Å². The monoisotopic (exact) mass is 324 g/mol. The van der Waals surface area contributed by atoms with E-state index in [2.05, 4.69) is 5.32 Å². The average molecular weight is 325 g/mol. The molecule has 0 spiro atoms. The van der Waals surface area contributed by atoms with Gasteiger partial charge in [0.1, 0.15) is 0 Å². The van der Waals surface area contributed by atoms with E-state index in [1.165, 1.54) is 6.07 Å². The van der Waals surface area contributed by atoms with Crippen LogP contribution in [-0.4, -0.2) is 23.6 Å². The van der Waals surface area contributed by atoms with Crippen molar-refractivity contribution >= 4 is 23.2 Å². The highest BCUT2D eigenvalue weighted by Gasteiger charge is 2.25. The van der Waals surface area contributed by atoms with Crippen LogP contribution in [0.3, 0.4) is 0 Å². The molecule has 0 bridgehead atoms. The SMILES string of the molecule is O=C(NCCCCC(F)(F)F)c1ccc([N+](=O)[O-])cc1Cl. The van der Waals surface area contributed by atoms with E-state index in [9.17, 15) is 28.1 Å². The summed E-state index contributed by atoms with van der Waals surface area (Å²) in [4.78, 5) is 21.6. The third kappa shape index (κ3) is 5.99. The van der Waals surface area contributed by atoms with Crippen molar-refractivity contribution in [1.82, 2.24) is 5.32 Å². The zero-order valence-corrected chi connectivity index (χ0v) is 11.5. The Kier molecular flexibility index (Phi) is 5.95. The Bertz CT molecular complexity index is 535. The Morgan fingerprint density at radius 2 is 2.00 bits per heavy atom. The van der Waals surface area contributed by atoms with E-state index in [4.69, 9.17) is 11.6 Å². The topological polar surface area (TPSA) is 72.2 Å². The van der Waals surface area contributed by atoms with Crippen LogP contribution in [0.2, 0.25) is 5.02 Å². The summed E-state index contributed by atoms with van der Waals surface area (Å²) in [6, 6.07) is 3.37. The number of benzene rings is 1. The second kappa shape index (κ2) is 7.26. The predicted molar refractivity (Wildman–Crippen MR) is 70.3 cm³/mol. The molecule has 0 aliphatic carbocycles. The Morgan fingerprint density at radius 3 is 2.52 bits per heavy atom. The number of halogens is 4. The predicted octanol–water partition coefficient (Wildman–Crippen LogP) is 3.71. The highest BCUT2D eigenvalue weighted by atomic mass is 35.5. The van der Waals surface area contributed by atoms with Gasteiger partial charge in [-0.1, -0.05) is 11.6 Å². The summed E-state index contributed by atoms with van der Waals surface area (Å²) in [5.74, 6) is -0.582. The Hall–Kier alpha value is -1.83. The number of non-ortho nitro benzene ring substituents is 1. The first-order valence-electron chi connectivity index (χ1n) is 5.99. The van der Waals surface area contributed by atoms with Gasteiger partial charge < -0.3 is 5.32 Å². The van der Waals surface area contributed by atoms with E-state index in [0.29, 0.717) is 0 Å². The quantitative estimate of drug-likeness (QED) is 0.492. The molecule has 0 saturated carbocycles. The van der Waals surface area contributed by atoms with Crippen molar-refractivity contribution in [1.29, 1.82) is 0 Å². The summed E-state index contributed by atoms with van der Waals surface area (Å²) >= 11 is 5.75. The average Bonchev–Trinajstić information content (AvgIpc) is 2.36. The number of carbonyl (C=O) groups is 1. The Labute approximate surface area is 123 Å². The standard InChI is InChI=1S/C12H12ClF3N2O3/c13-10-7-8(18(20)21)3-4-9(10)11(19)17-6-2-1-5-12(14,15)16/h3-4,7H,1-2,5-6H2,(H,17,19). The van der Waals surface area contributed by atoms with E-state index in [0.717, 1.165) is 12.1 Å². The molecule has 1 aromatic carbocycles. The number of nitro groups is 1. The molecule has 1 N–H and O–H groups in total. The second-order valence-corrected chi connectivity index (χ2v) is 4.66. The van der Waals surface area contributed by atoms with E-state index in [1.807, 2.05) is 0 Å². The highest BCUT2D eigenvalue weighted by molar-refractivity contribution is 6.34. The number of hydrogen-bond donors (Lipinski definition) is 1. The molecular formula is C12H12ClF3N2O3. The molecule has 5 nitrogen and oxygen atoms in total. The summed E-state index contributed by atoms with van der Waals surface area (Å²) in [5, 5.41) is 12.8. The molecule has 21 heavy (non-hydrogen) atoms. The van der Waals surface area contributed by atoms with Gasteiger partial charge in [0, 0.05) is 25.1 Å². The summed E-state index contributed by atoms with van der Waals surface area (Å²) in [6.45, 7) is 0.0717. The van der Waals surface area contributed by atoms with Crippen LogP contribution in [0.25, 0.3) is 0 Å². The fraction of sp³-hybridized carbons (Fsp3) is 0.417. The normalized spacial score (nSPS) is 11.2. The number of unbranched alkanes of at least 4 members (excludes halogenated alkanes) is 1. The molecule has 0 aliphatic rings. The lowest BCUT2D eigenvalue weighted by atomic mass is 10.2. The maximum Gasteiger partial charge on any atom is 0.389 e. The third-order valence-corrected chi connectivity index (χ3v) is 2.89. The fourth-order valence-corrected chi connectivity index (χ4v) is 1.81. The third-order valence-electron chi connectivity index (χ3n) is 2.58. The molecule has 0 unspecified atom stereocenters. The first-order valence-corrected chi connectivity index (χ1v) is 6.37. The van der Waals surface area contributed by atoms with Crippen molar-refractivity contribution in [2.45, 2.75) is 25.4 Å². The molecule has 0 heterocycles. The van der Waals surface area contributed by atoms with Gasteiger partial charge in [-0.2, -0.15) is 13.2 Å². The number of alkyl halides is 3. The zero-order valence-electron chi connectivity index (χ0n) is 10.7. The smallest absolute Gasteiger partial charge is 0.352 e. The van der Waals surface area contributed by atoms with Crippen molar-refractivity contribution in [3.05, 3.63) is 38.9 Å². The minimum atomic E-state index is -4.20. The maximum atomic E-state index is 11.9. The number of nitrogens with zero attached hydrogens (tertiary/aromatic N) is 1. The molecule has 1 amide bonds. The lowest BCUT2D eigenvalue weighted by Gasteiger charge is -2.08. The van der Waals surface area contributed by atoms with Crippen molar-refractivity contribution < 1.29 is 22.9 Å². The van der Waals surface area contributed by atoms with Crippen molar-refractivity contribution in [2.75, 3.05) is 6.54 Å². The second-order valence-electron chi connectivity index (χ2n) is 4.25. The summed E-state index contributed by atoms with van der Waals surface area (Å²) in [5.41, 5.74) is -0.209. The number of nitro benzene ring substituents is 1. The summed E-state index contributed by atoms with van der Waals surface area (Å²) < 4.78 is 35.7. The molecule has 9 heteroatoms. The van der Waals surface area contributed by atoms with Gasteiger partial charge in [0.15, 0.2) is 0 Å². The maximum absolute atomic E-state index is 11.9. The lowest BCUT2D eigenvalue weighted by Crippen LogP contribution is -2.25. The van der Waals surface area contributed by atoms with Gasteiger partial charge in [-0.25, -0.2) is 0 Å². The van der Waals surface area contributed by atoms with E-state index < -0.39 is 23.4 Å². The van der Waals surface area contributed by atoms with Crippen LogP contribution in [0.15, 0.2) is 18.2 Å².